The molecule has 1 aromatic heterocycles. The number of hydrogen-bond donors (Lipinski definition) is 1. The predicted octanol–water partition coefficient (Wildman–Crippen LogP) is 2.11. The zero-order valence-corrected chi connectivity index (χ0v) is 9.08. The van der Waals surface area contributed by atoms with E-state index in [4.69, 9.17) is 5.73 Å². The molecular formula is C13H15N3. The van der Waals surface area contributed by atoms with E-state index in [1.807, 2.05) is 30.6 Å². The molecule has 1 unspecified atom stereocenters. The maximum absolute atomic E-state index is 6.10. The van der Waals surface area contributed by atoms with Gasteiger partial charge in [-0.25, -0.2) is 9.97 Å². The van der Waals surface area contributed by atoms with Crippen LogP contribution in [0.1, 0.15) is 23.6 Å². The van der Waals surface area contributed by atoms with Gasteiger partial charge in [0, 0.05) is 18.4 Å². The van der Waals surface area contributed by atoms with Crippen LogP contribution in [-0.2, 0) is 6.42 Å². The Hall–Kier alpha value is -1.74. The highest BCUT2D eigenvalue weighted by molar-refractivity contribution is 5.18. The Kier molecular flexibility index (Phi) is 3.62. The molecule has 0 saturated carbocycles. The normalized spacial score (nSPS) is 12.3. The third-order valence-corrected chi connectivity index (χ3v) is 2.59. The van der Waals surface area contributed by atoms with Crippen LogP contribution in [-0.4, -0.2) is 9.97 Å². The highest BCUT2D eigenvalue weighted by atomic mass is 14.8. The summed E-state index contributed by atoms with van der Waals surface area (Å²) in [5.41, 5.74) is 8.42. The van der Waals surface area contributed by atoms with Gasteiger partial charge in [-0.1, -0.05) is 30.3 Å². The molecule has 2 rings (SSSR count). The van der Waals surface area contributed by atoms with Crippen LogP contribution < -0.4 is 5.73 Å². The van der Waals surface area contributed by atoms with E-state index in [2.05, 4.69) is 22.1 Å². The smallest absolute Gasteiger partial charge is 0.115 e. The van der Waals surface area contributed by atoms with E-state index in [1.165, 1.54) is 5.56 Å². The van der Waals surface area contributed by atoms with Crippen LogP contribution in [0.3, 0.4) is 0 Å². The summed E-state index contributed by atoms with van der Waals surface area (Å²) in [5, 5.41) is 0. The van der Waals surface area contributed by atoms with Gasteiger partial charge in [-0.05, 0) is 24.0 Å². The zero-order chi connectivity index (χ0) is 11.2. The van der Waals surface area contributed by atoms with E-state index >= 15 is 0 Å². The third-order valence-electron chi connectivity index (χ3n) is 2.59. The molecule has 0 aliphatic rings. The number of aryl methyl sites for hydroxylation is 1. The number of nitrogens with two attached hydrogens (primary N) is 1. The SMILES string of the molecule is NC(CCc1cncnc1)c1ccccc1. The van der Waals surface area contributed by atoms with Crippen molar-refractivity contribution in [3.05, 3.63) is 60.2 Å². The molecule has 0 amide bonds. The second kappa shape index (κ2) is 5.37. The van der Waals surface area contributed by atoms with Crippen LogP contribution in [0.2, 0.25) is 0 Å². The van der Waals surface area contributed by atoms with Crippen molar-refractivity contribution >= 4 is 0 Å². The second-order valence-electron chi connectivity index (χ2n) is 3.80. The lowest BCUT2D eigenvalue weighted by Crippen LogP contribution is -2.11. The Morgan fingerprint density at radius 1 is 1.06 bits per heavy atom. The van der Waals surface area contributed by atoms with Crippen LogP contribution in [0, 0.1) is 0 Å². The molecule has 1 atom stereocenters. The number of aromatic nitrogens is 2. The molecule has 0 bridgehead atoms. The first-order valence-electron chi connectivity index (χ1n) is 5.40. The maximum atomic E-state index is 6.10. The number of benzene rings is 1. The average molecular weight is 213 g/mol. The van der Waals surface area contributed by atoms with Gasteiger partial charge in [-0.2, -0.15) is 0 Å². The summed E-state index contributed by atoms with van der Waals surface area (Å²) in [4.78, 5) is 7.97. The third kappa shape index (κ3) is 2.87. The summed E-state index contributed by atoms with van der Waals surface area (Å²) in [6.45, 7) is 0. The Bertz CT molecular complexity index is 414. The van der Waals surface area contributed by atoms with E-state index < -0.39 is 0 Å². The topological polar surface area (TPSA) is 51.8 Å². The van der Waals surface area contributed by atoms with Crippen molar-refractivity contribution in [1.29, 1.82) is 0 Å². The van der Waals surface area contributed by atoms with Gasteiger partial charge in [0.05, 0.1) is 0 Å². The quantitative estimate of drug-likeness (QED) is 0.846. The average Bonchev–Trinajstić information content (AvgIpc) is 2.38. The Balaban J connectivity index is 1.92. The first-order valence-corrected chi connectivity index (χ1v) is 5.40. The van der Waals surface area contributed by atoms with Crippen LogP contribution in [0.15, 0.2) is 49.1 Å². The van der Waals surface area contributed by atoms with Crippen molar-refractivity contribution in [3.63, 3.8) is 0 Å². The van der Waals surface area contributed by atoms with Crippen molar-refractivity contribution in [1.82, 2.24) is 9.97 Å². The maximum Gasteiger partial charge on any atom is 0.115 e. The van der Waals surface area contributed by atoms with E-state index in [9.17, 15) is 0 Å². The van der Waals surface area contributed by atoms with Crippen molar-refractivity contribution in [2.24, 2.45) is 5.73 Å². The van der Waals surface area contributed by atoms with Gasteiger partial charge >= 0.3 is 0 Å². The van der Waals surface area contributed by atoms with Gasteiger partial charge in [0.25, 0.3) is 0 Å². The van der Waals surface area contributed by atoms with Gasteiger partial charge in [0.15, 0.2) is 0 Å². The molecule has 0 radical (unpaired) electrons. The Morgan fingerprint density at radius 3 is 2.44 bits per heavy atom. The second-order valence-corrected chi connectivity index (χ2v) is 3.80. The summed E-state index contributed by atoms with van der Waals surface area (Å²) >= 11 is 0. The number of nitrogens with zero attached hydrogens (tertiary/aromatic N) is 2. The Labute approximate surface area is 95.4 Å². The molecule has 0 spiro atoms. The molecule has 0 aliphatic carbocycles. The molecule has 2 N–H and O–H groups in total. The lowest BCUT2D eigenvalue weighted by Gasteiger charge is -2.11. The summed E-state index contributed by atoms with van der Waals surface area (Å²) < 4.78 is 0. The van der Waals surface area contributed by atoms with Crippen molar-refractivity contribution in [3.8, 4) is 0 Å². The summed E-state index contributed by atoms with van der Waals surface area (Å²) in [5.74, 6) is 0. The molecule has 2 aromatic rings. The molecule has 0 saturated heterocycles. The van der Waals surface area contributed by atoms with Gasteiger partial charge in [0.1, 0.15) is 6.33 Å². The van der Waals surface area contributed by atoms with Gasteiger partial charge in [0.2, 0.25) is 0 Å². The van der Waals surface area contributed by atoms with Gasteiger partial charge < -0.3 is 5.73 Å². The minimum atomic E-state index is 0.0846. The van der Waals surface area contributed by atoms with Crippen LogP contribution in [0.4, 0.5) is 0 Å². The lowest BCUT2D eigenvalue weighted by atomic mass is 10.0. The highest BCUT2D eigenvalue weighted by Gasteiger charge is 2.05. The first-order chi connectivity index (χ1) is 7.86. The molecule has 0 fully saturated rings. The fraction of sp³-hybridized carbons (Fsp3) is 0.231. The fourth-order valence-electron chi connectivity index (χ4n) is 1.65. The zero-order valence-electron chi connectivity index (χ0n) is 9.08. The molecule has 1 aromatic carbocycles. The fourth-order valence-corrected chi connectivity index (χ4v) is 1.65. The Morgan fingerprint density at radius 2 is 1.75 bits per heavy atom. The molecule has 3 nitrogen and oxygen atoms in total. The molecule has 82 valence electrons. The lowest BCUT2D eigenvalue weighted by molar-refractivity contribution is 0.649. The van der Waals surface area contributed by atoms with E-state index in [-0.39, 0.29) is 6.04 Å². The minimum absolute atomic E-state index is 0.0846. The number of hydrogen-bond acceptors (Lipinski definition) is 3. The highest BCUT2D eigenvalue weighted by Crippen LogP contribution is 2.15. The van der Waals surface area contributed by atoms with E-state index in [0.29, 0.717) is 0 Å². The van der Waals surface area contributed by atoms with Crippen LogP contribution in [0.25, 0.3) is 0 Å². The van der Waals surface area contributed by atoms with Gasteiger partial charge in [-0.15, -0.1) is 0 Å². The summed E-state index contributed by atoms with van der Waals surface area (Å²) in [6.07, 6.45) is 7.05. The molecule has 0 aliphatic heterocycles. The molecule has 1 heterocycles. The van der Waals surface area contributed by atoms with Crippen molar-refractivity contribution < 1.29 is 0 Å². The summed E-state index contributed by atoms with van der Waals surface area (Å²) in [6, 6.07) is 10.2. The van der Waals surface area contributed by atoms with Crippen LogP contribution >= 0.6 is 0 Å². The monoisotopic (exact) mass is 213 g/mol. The molecular weight excluding hydrogens is 198 g/mol. The van der Waals surface area contributed by atoms with Crippen molar-refractivity contribution in [2.45, 2.75) is 18.9 Å². The summed E-state index contributed by atoms with van der Waals surface area (Å²) in [7, 11) is 0. The minimum Gasteiger partial charge on any atom is -0.324 e. The van der Waals surface area contributed by atoms with E-state index in [1.54, 1.807) is 6.33 Å². The van der Waals surface area contributed by atoms with Gasteiger partial charge in [-0.3, -0.25) is 0 Å². The predicted molar refractivity (Wildman–Crippen MR) is 63.7 cm³/mol. The first kappa shape index (κ1) is 10.8. The van der Waals surface area contributed by atoms with Crippen LogP contribution in [0.5, 0.6) is 0 Å². The molecule has 16 heavy (non-hydrogen) atoms. The molecule has 3 heteroatoms. The number of rotatable bonds is 4. The standard InChI is InChI=1S/C13H15N3/c14-13(12-4-2-1-3-5-12)7-6-11-8-15-10-16-9-11/h1-5,8-10,13H,6-7,14H2. The largest absolute Gasteiger partial charge is 0.324 e. The van der Waals surface area contributed by atoms with E-state index in [0.717, 1.165) is 18.4 Å². The van der Waals surface area contributed by atoms with Crippen molar-refractivity contribution in [2.75, 3.05) is 0 Å².